The molecule has 0 fully saturated rings. The van der Waals surface area contributed by atoms with E-state index in [2.05, 4.69) is 46.5 Å². The first-order valence-corrected chi connectivity index (χ1v) is 11.6. The third-order valence-electron chi connectivity index (χ3n) is 4.00. The zero-order valence-electron chi connectivity index (χ0n) is 15.8. The standard InChI is InChI=1S/C16H34O5SSi/c1-9-18-15(19-10-2)14(13(22)11-20-12(3)17)21-23(7,8)16(4,5)6/h13-15,22H,9-11H2,1-8H3/t13-,14-/m1/s1. The second kappa shape index (κ2) is 10.0. The fourth-order valence-corrected chi connectivity index (χ4v) is 3.40. The van der Waals surface area contributed by atoms with E-state index in [1.807, 2.05) is 13.8 Å². The summed E-state index contributed by atoms with van der Waals surface area (Å²) in [6, 6.07) is 0. The maximum atomic E-state index is 11.1. The zero-order chi connectivity index (χ0) is 18.3. The molecular formula is C16H34O5SSi. The minimum absolute atomic E-state index is 0.0448. The van der Waals surface area contributed by atoms with Crippen LogP contribution in [0, 0.1) is 0 Å². The lowest BCUT2D eigenvalue weighted by Gasteiger charge is -2.42. The Morgan fingerprint density at radius 2 is 1.61 bits per heavy atom. The van der Waals surface area contributed by atoms with E-state index in [0.29, 0.717) is 13.2 Å². The van der Waals surface area contributed by atoms with Crippen LogP contribution in [-0.2, 0) is 23.4 Å². The van der Waals surface area contributed by atoms with Gasteiger partial charge < -0.3 is 18.6 Å². The van der Waals surface area contributed by atoms with Crippen LogP contribution in [0.5, 0.6) is 0 Å². The minimum atomic E-state index is -2.06. The van der Waals surface area contributed by atoms with Gasteiger partial charge in [0.15, 0.2) is 14.6 Å². The number of hydrogen-bond acceptors (Lipinski definition) is 6. The fraction of sp³-hybridized carbons (Fsp3) is 0.938. The molecule has 0 saturated heterocycles. The molecule has 0 aliphatic carbocycles. The zero-order valence-corrected chi connectivity index (χ0v) is 17.7. The number of thiol groups is 1. The summed E-state index contributed by atoms with van der Waals surface area (Å²) in [5, 5.41) is -0.278. The Hall–Kier alpha value is -0.0831. The average molecular weight is 367 g/mol. The summed E-state index contributed by atoms with van der Waals surface area (Å²) in [5.41, 5.74) is 0. The summed E-state index contributed by atoms with van der Waals surface area (Å²) < 4.78 is 23.0. The smallest absolute Gasteiger partial charge is 0.302 e. The molecule has 2 atom stereocenters. The molecule has 0 spiro atoms. The SMILES string of the molecule is CCOC(OCC)[C@H](O[Si](C)(C)C(C)(C)C)[C@H](S)COC(C)=O. The van der Waals surface area contributed by atoms with Crippen LogP contribution in [0.15, 0.2) is 0 Å². The quantitative estimate of drug-likeness (QED) is 0.277. The van der Waals surface area contributed by atoms with E-state index >= 15 is 0 Å². The molecule has 138 valence electrons. The van der Waals surface area contributed by atoms with Gasteiger partial charge in [0.25, 0.3) is 0 Å². The number of hydrogen-bond donors (Lipinski definition) is 1. The second-order valence-electron chi connectivity index (χ2n) is 6.99. The normalized spacial score (nSPS) is 15.6. The molecule has 0 bridgehead atoms. The molecule has 0 N–H and O–H groups in total. The largest absolute Gasteiger partial charge is 0.465 e. The van der Waals surface area contributed by atoms with E-state index in [1.54, 1.807) is 0 Å². The van der Waals surface area contributed by atoms with Crippen LogP contribution < -0.4 is 0 Å². The predicted molar refractivity (Wildman–Crippen MR) is 98.5 cm³/mol. The fourth-order valence-electron chi connectivity index (χ4n) is 1.70. The van der Waals surface area contributed by atoms with Gasteiger partial charge in [-0.2, -0.15) is 12.6 Å². The summed E-state index contributed by atoms with van der Waals surface area (Å²) in [4.78, 5) is 11.1. The summed E-state index contributed by atoms with van der Waals surface area (Å²) in [6.07, 6.45) is -0.935. The van der Waals surface area contributed by atoms with Crippen molar-refractivity contribution in [2.24, 2.45) is 0 Å². The van der Waals surface area contributed by atoms with Crippen molar-refractivity contribution < 1.29 is 23.4 Å². The van der Waals surface area contributed by atoms with Crippen molar-refractivity contribution in [3.63, 3.8) is 0 Å². The highest BCUT2D eigenvalue weighted by Gasteiger charge is 2.43. The maximum Gasteiger partial charge on any atom is 0.302 e. The molecule has 5 nitrogen and oxygen atoms in total. The van der Waals surface area contributed by atoms with E-state index in [4.69, 9.17) is 18.6 Å². The third kappa shape index (κ3) is 8.02. The van der Waals surface area contributed by atoms with E-state index in [1.165, 1.54) is 6.92 Å². The lowest BCUT2D eigenvalue weighted by atomic mass is 10.2. The Morgan fingerprint density at radius 1 is 1.13 bits per heavy atom. The number of carbonyl (C=O) groups is 1. The first-order chi connectivity index (χ1) is 10.5. The van der Waals surface area contributed by atoms with Gasteiger partial charge in [0.2, 0.25) is 0 Å². The molecule has 0 aromatic rings. The van der Waals surface area contributed by atoms with E-state index in [0.717, 1.165) is 0 Å². The van der Waals surface area contributed by atoms with Crippen LogP contribution in [0.2, 0.25) is 18.1 Å². The van der Waals surface area contributed by atoms with Crippen LogP contribution in [-0.4, -0.2) is 51.8 Å². The van der Waals surface area contributed by atoms with Crippen LogP contribution in [0.25, 0.3) is 0 Å². The summed E-state index contributed by atoms with van der Waals surface area (Å²) in [5.74, 6) is -0.334. The van der Waals surface area contributed by atoms with Crippen LogP contribution in [0.1, 0.15) is 41.5 Å². The molecule has 7 heteroatoms. The van der Waals surface area contributed by atoms with Crippen molar-refractivity contribution >= 4 is 26.9 Å². The first kappa shape index (κ1) is 22.9. The van der Waals surface area contributed by atoms with Crippen molar-refractivity contribution in [2.45, 2.75) is 77.3 Å². The minimum Gasteiger partial charge on any atom is -0.465 e. The van der Waals surface area contributed by atoms with Gasteiger partial charge in [-0.15, -0.1) is 0 Å². The van der Waals surface area contributed by atoms with Crippen molar-refractivity contribution in [2.75, 3.05) is 19.8 Å². The van der Waals surface area contributed by atoms with Gasteiger partial charge in [-0.1, -0.05) is 20.8 Å². The van der Waals surface area contributed by atoms with Gasteiger partial charge in [0.1, 0.15) is 12.7 Å². The van der Waals surface area contributed by atoms with Crippen molar-refractivity contribution in [1.82, 2.24) is 0 Å². The second-order valence-corrected chi connectivity index (χ2v) is 12.4. The van der Waals surface area contributed by atoms with Crippen molar-refractivity contribution in [3.05, 3.63) is 0 Å². The van der Waals surface area contributed by atoms with Gasteiger partial charge in [0.05, 0.1) is 5.25 Å². The molecule has 0 unspecified atom stereocenters. The molecule has 0 rings (SSSR count). The number of ether oxygens (including phenoxy) is 3. The molecule has 0 aromatic carbocycles. The topological polar surface area (TPSA) is 54.0 Å². The summed E-state index contributed by atoms with van der Waals surface area (Å²) in [7, 11) is -2.06. The lowest BCUT2D eigenvalue weighted by Crippen LogP contribution is -2.52. The van der Waals surface area contributed by atoms with Gasteiger partial charge in [-0.25, -0.2) is 0 Å². The molecule has 0 saturated carbocycles. The van der Waals surface area contributed by atoms with Gasteiger partial charge in [0, 0.05) is 20.1 Å². The Kier molecular flexibility index (Phi) is 10.00. The Bertz CT molecular complexity index is 351. The third-order valence-corrected chi connectivity index (χ3v) is 8.92. The summed E-state index contributed by atoms with van der Waals surface area (Å²) >= 11 is 4.59. The monoisotopic (exact) mass is 366 g/mol. The molecule has 0 heterocycles. The van der Waals surface area contributed by atoms with E-state index < -0.39 is 20.7 Å². The highest BCUT2D eigenvalue weighted by atomic mass is 32.1. The Balaban J connectivity index is 5.29. The van der Waals surface area contributed by atoms with E-state index in [-0.39, 0.29) is 22.9 Å². The highest BCUT2D eigenvalue weighted by Crippen LogP contribution is 2.38. The Morgan fingerprint density at radius 3 is 1.96 bits per heavy atom. The molecule has 0 aromatic heterocycles. The average Bonchev–Trinajstić information content (AvgIpc) is 2.40. The lowest BCUT2D eigenvalue weighted by molar-refractivity contribution is -0.187. The molecular weight excluding hydrogens is 332 g/mol. The highest BCUT2D eigenvalue weighted by molar-refractivity contribution is 7.81. The number of esters is 1. The van der Waals surface area contributed by atoms with E-state index in [9.17, 15) is 4.79 Å². The molecule has 0 amide bonds. The number of rotatable bonds is 10. The van der Waals surface area contributed by atoms with Crippen LogP contribution in [0.3, 0.4) is 0 Å². The summed E-state index contributed by atoms with van der Waals surface area (Å²) in [6.45, 7) is 17.2. The van der Waals surface area contributed by atoms with Crippen LogP contribution >= 0.6 is 12.6 Å². The molecule has 0 aliphatic rings. The van der Waals surface area contributed by atoms with Crippen molar-refractivity contribution in [3.8, 4) is 0 Å². The molecule has 0 aliphatic heterocycles. The predicted octanol–water partition coefficient (Wildman–Crippen LogP) is 3.64. The number of carbonyl (C=O) groups excluding carboxylic acids is 1. The van der Waals surface area contributed by atoms with Gasteiger partial charge in [-0.3, -0.25) is 4.79 Å². The molecule has 0 radical (unpaired) electrons. The molecule has 23 heavy (non-hydrogen) atoms. The van der Waals surface area contributed by atoms with Gasteiger partial charge >= 0.3 is 5.97 Å². The van der Waals surface area contributed by atoms with Crippen LogP contribution in [0.4, 0.5) is 0 Å². The van der Waals surface area contributed by atoms with Crippen molar-refractivity contribution in [1.29, 1.82) is 0 Å². The van der Waals surface area contributed by atoms with Gasteiger partial charge in [-0.05, 0) is 32.0 Å². The maximum absolute atomic E-state index is 11.1. The Labute approximate surface area is 147 Å². The first-order valence-electron chi connectivity index (χ1n) is 8.18.